The quantitative estimate of drug-likeness (QED) is 0.556. The van der Waals surface area contributed by atoms with Crippen LogP contribution >= 0.6 is 0 Å². The van der Waals surface area contributed by atoms with Crippen LogP contribution < -0.4 is 4.90 Å². The third-order valence-corrected chi connectivity index (χ3v) is 5.74. The summed E-state index contributed by atoms with van der Waals surface area (Å²) in [4.78, 5) is 43.0. The molecule has 6 nitrogen and oxygen atoms in total. The van der Waals surface area contributed by atoms with Gasteiger partial charge in [0.05, 0.1) is 6.04 Å². The van der Waals surface area contributed by atoms with E-state index in [1.807, 2.05) is 49.3 Å². The molecule has 2 amide bonds. The molecule has 2 aliphatic heterocycles. The number of likely N-dealkylation sites (N-methyl/N-ethyl adjacent to an activating group) is 1. The fourth-order valence-corrected chi connectivity index (χ4v) is 4.21. The van der Waals surface area contributed by atoms with E-state index in [0.717, 1.165) is 31.1 Å². The van der Waals surface area contributed by atoms with Crippen LogP contribution in [-0.2, 0) is 20.8 Å². The van der Waals surface area contributed by atoms with Crippen molar-refractivity contribution in [1.82, 2.24) is 14.7 Å². The molecule has 0 bridgehead atoms. The molecule has 3 atom stereocenters. The summed E-state index contributed by atoms with van der Waals surface area (Å²) in [5.41, 5.74) is 1.10. The van der Waals surface area contributed by atoms with E-state index in [2.05, 4.69) is 0 Å². The zero-order valence-corrected chi connectivity index (χ0v) is 16.2. The molecule has 0 aromatic heterocycles. The normalized spacial score (nSPS) is 24.3. The van der Waals surface area contributed by atoms with Gasteiger partial charge in [0.1, 0.15) is 6.54 Å². The minimum absolute atomic E-state index is 0.00144. The van der Waals surface area contributed by atoms with E-state index in [-0.39, 0.29) is 23.9 Å². The second-order valence-electron chi connectivity index (χ2n) is 7.74. The highest BCUT2D eigenvalue weighted by Gasteiger charge is 2.48. The summed E-state index contributed by atoms with van der Waals surface area (Å²) in [7, 11) is 3.81. The van der Waals surface area contributed by atoms with Gasteiger partial charge in [0.2, 0.25) is 5.91 Å². The monoisotopic (exact) mass is 371 g/mol. The molecule has 0 N–H and O–H groups in total. The highest BCUT2D eigenvalue weighted by Crippen LogP contribution is 2.24. The van der Waals surface area contributed by atoms with Crippen LogP contribution in [0.25, 0.3) is 0 Å². The van der Waals surface area contributed by atoms with Crippen LogP contribution in [0.3, 0.4) is 0 Å². The molecule has 1 aromatic carbocycles. The van der Waals surface area contributed by atoms with E-state index in [1.54, 1.807) is 9.80 Å². The summed E-state index contributed by atoms with van der Waals surface area (Å²) in [6.07, 6.45) is 4.56. The van der Waals surface area contributed by atoms with E-state index < -0.39 is 6.04 Å². The molecule has 27 heavy (non-hydrogen) atoms. The number of hydrogen-bond donors (Lipinski definition) is 0. The number of likely N-dealkylation sites (tertiary alicyclic amines) is 2. The Bertz CT molecular complexity index is 677. The Balaban J connectivity index is 1.74. The van der Waals surface area contributed by atoms with Gasteiger partial charge in [-0.1, -0.05) is 35.2 Å². The molecule has 6 heteroatoms. The van der Waals surface area contributed by atoms with Crippen LogP contribution in [0.5, 0.6) is 0 Å². The third kappa shape index (κ3) is 4.28. The lowest BCUT2D eigenvalue weighted by molar-refractivity contribution is -0.144. The summed E-state index contributed by atoms with van der Waals surface area (Å²) in [5, 5.41) is 0. The number of carbonyl (C=O) groups is 3. The molecular weight excluding hydrogens is 342 g/mol. The van der Waals surface area contributed by atoms with Gasteiger partial charge >= 0.3 is 5.91 Å². The summed E-state index contributed by atoms with van der Waals surface area (Å²) in [6, 6.07) is 8.89. The van der Waals surface area contributed by atoms with Crippen molar-refractivity contribution in [1.29, 1.82) is 0 Å². The first-order valence-corrected chi connectivity index (χ1v) is 9.79. The Hall–Kier alpha value is -2.05. The molecule has 0 saturated carbocycles. The van der Waals surface area contributed by atoms with Crippen molar-refractivity contribution in [3.05, 3.63) is 35.9 Å². The van der Waals surface area contributed by atoms with E-state index in [4.69, 9.17) is 0 Å². The van der Waals surface area contributed by atoms with Crippen LogP contribution in [0, 0.1) is 0 Å². The SMILES string of the molecule is CN(C)[C@H](Cc1ccccc1)C(=O)N1CCC[C@H]1C(=O)[N+]1CCC[C@H]1C=O. The van der Waals surface area contributed by atoms with Gasteiger partial charge in [-0.2, -0.15) is 0 Å². The van der Waals surface area contributed by atoms with Crippen molar-refractivity contribution < 1.29 is 14.4 Å². The molecule has 1 aromatic rings. The van der Waals surface area contributed by atoms with Gasteiger partial charge in [-0.05, 0) is 38.9 Å². The molecule has 2 aliphatic rings. The number of benzene rings is 1. The number of amides is 2. The second-order valence-corrected chi connectivity index (χ2v) is 7.74. The predicted octanol–water partition coefficient (Wildman–Crippen LogP) is 1.18. The van der Waals surface area contributed by atoms with Crippen LogP contribution in [0.1, 0.15) is 31.2 Å². The van der Waals surface area contributed by atoms with Gasteiger partial charge in [-0.15, -0.1) is 0 Å². The highest BCUT2D eigenvalue weighted by atomic mass is 16.2. The number of carbonyl (C=O) groups excluding carboxylic acids is 3. The van der Waals surface area contributed by atoms with E-state index in [9.17, 15) is 14.4 Å². The molecule has 2 heterocycles. The maximum atomic E-state index is 13.3. The lowest BCUT2D eigenvalue weighted by Crippen LogP contribution is -2.56. The van der Waals surface area contributed by atoms with E-state index in [1.165, 1.54) is 0 Å². The first kappa shape index (κ1) is 19.7. The first-order valence-electron chi connectivity index (χ1n) is 9.79. The van der Waals surface area contributed by atoms with Gasteiger partial charge in [-0.25, -0.2) is 4.79 Å². The average Bonchev–Trinajstić information content (AvgIpc) is 3.34. The third-order valence-electron chi connectivity index (χ3n) is 5.74. The fraction of sp³-hybridized carbons (Fsp3) is 0.571. The highest BCUT2D eigenvalue weighted by molar-refractivity contribution is 5.93. The van der Waals surface area contributed by atoms with Crippen LogP contribution in [0.4, 0.5) is 0 Å². The number of nitrogens with zero attached hydrogens (tertiary/aromatic N) is 3. The van der Waals surface area contributed by atoms with Crippen LogP contribution in [0.2, 0.25) is 0 Å². The Labute approximate surface area is 161 Å². The maximum absolute atomic E-state index is 13.3. The first-order chi connectivity index (χ1) is 13.0. The second kappa shape index (κ2) is 8.76. The van der Waals surface area contributed by atoms with Crippen LogP contribution in [0.15, 0.2) is 30.3 Å². The predicted molar refractivity (Wildman–Crippen MR) is 103 cm³/mol. The minimum Gasteiger partial charge on any atom is -0.325 e. The zero-order chi connectivity index (χ0) is 19.4. The van der Waals surface area contributed by atoms with Crippen molar-refractivity contribution in [2.45, 2.75) is 50.2 Å². The number of rotatable bonds is 6. The van der Waals surface area contributed by atoms with Crippen molar-refractivity contribution >= 4 is 18.1 Å². The molecule has 3 rings (SSSR count). The lowest BCUT2D eigenvalue weighted by atomic mass is 10.0. The van der Waals surface area contributed by atoms with Gasteiger partial charge in [0.15, 0.2) is 18.4 Å². The largest absolute Gasteiger partial charge is 0.384 e. The molecule has 2 fully saturated rings. The van der Waals surface area contributed by atoms with Gasteiger partial charge in [0, 0.05) is 19.4 Å². The fourth-order valence-electron chi connectivity index (χ4n) is 4.21. The smallest absolute Gasteiger partial charge is 0.325 e. The molecule has 2 saturated heterocycles. The summed E-state index contributed by atoms with van der Waals surface area (Å²) >= 11 is 0. The molecule has 0 unspecified atom stereocenters. The molecule has 0 aliphatic carbocycles. The van der Waals surface area contributed by atoms with E-state index in [0.29, 0.717) is 25.9 Å². The Morgan fingerprint density at radius 3 is 2.63 bits per heavy atom. The molecule has 1 radical (unpaired) electrons. The Kier molecular flexibility index (Phi) is 6.39. The summed E-state index contributed by atoms with van der Waals surface area (Å²) in [6.45, 7) is 1.22. The number of aldehydes is 1. The zero-order valence-electron chi connectivity index (χ0n) is 16.2. The standard InChI is InChI=1S/C21H29N3O3/c1-22(2)19(14-16-8-4-3-5-9-16)21(27)24-13-7-11-18(24)20(26)23-12-6-10-17(23)15-25/h3-5,8-9,15,17-19H,6-7,10-14H2,1-2H3/q+1/t17-,18-,19+/m0/s1. The van der Waals surface area contributed by atoms with Gasteiger partial charge < -0.3 is 4.90 Å². The topological polar surface area (TPSA) is 63.6 Å². The minimum atomic E-state index is -0.434. The molecular formula is C21H29N3O3+. The number of hydrogen-bond acceptors (Lipinski definition) is 4. The molecule has 0 spiro atoms. The van der Waals surface area contributed by atoms with Gasteiger partial charge in [0.25, 0.3) is 0 Å². The van der Waals surface area contributed by atoms with Crippen LogP contribution in [-0.4, -0.2) is 73.2 Å². The average molecular weight is 371 g/mol. The lowest BCUT2D eigenvalue weighted by Gasteiger charge is -2.31. The van der Waals surface area contributed by atoms with E-state index >= 15 is 0 Å². The summed E-state index contributed by atoms with van der Waals surface area (Å²) in [5.74, 6) is -0.0609. The Morgan fingerprint density at radius 2 is 1.96 bits per heavy atom. The van der Waals surface area contributed by atoms with Crippen molar-refractivity contribution in [3.63, 3.8) is 0 Å². The summed E-state index contributed by atoms with van der Waals surface area (Å²) < 4.78 is 0. The maximum Gasteiger partial charge on any atom is 0.384 e. The Morgan fingerprint density at radius 1 is 1.22 bits per heavy atom. The van der Waals surface area contributed by atoms with Crippen molar-refractivity contribution in [3.8, 4) is 0 Å². The van der Waals surface area contributed by atoms with Crippen molar-refractivity contribution in [2.75, 3.05) is 27.2 Å². The van der Waals surface area contributed by atoms with Crippen molar-refractivity contribution in [2.24, 2.45) is 0 Å². The van der Waals surface area contributed by atoms with Gasteiger partial charge in [-0.3, -0.25) is 14.5 Å². The molecule has 145 valence electrons.